The molecule has 1 aliphatic heterocycles. The van der Waals surface area contributed by atoms with Crippen molar-refractivity contribution in [3.8, 4) is 0 Å². The standard InChI is InChI=1S/C14H24N4S/c1-11-16-17-14(9-12-10-19-8-7-15-12)18(11)13-5-3-2-4-6-13/h12-13,15H,2-10H2,1H3. The van der Waals surface area contributed by atoms with Gasteiger partial charge in [0.05, 0.1) is 0 Å². The van der Waals surface area contributed by atoms with Crippen molar-refractivity contribution < 1.29 is 0 Å². The third-order valence-electron chi connectivity index (χ3n) is 4.30. The lowest BCUT2D eigenvalue weighted by Gasteiger charge is -2.27. The summed E-state index contributed by atoms with van der Waals surface area (Å²) in [5, 5.41) is 12.4. The van der Waals surface area contributed by atoms with Crippen molar-refractivity contribution in [2.45, 2.75) is 57.5 Å². The summed E-state index contributed by atoms with van der Waals surface area (Å²) in [5.74, 6) is 4.75. The number of hydrogen-bond acceptors (Lipinski definition) is 4. The van der Waals surface area contributed by atoms with Crippen molar-refractivity contribution in [2.75, 3.05) is 18.1 Å². The topological polar surface area (TPSA) is 42.7 Å². The van der Waals surface area contributed by atoms with E-state index in [4.69, 9.17) is 0 Å². The van der Waals surface area contributed by atoms with Gasteiger partial charge in [0.2, 0.25) is 0 Å². The lowest BCUT2D eigenvalue weighted by Crippen LogP contribution is -2.39. The van der Waals surface area contributed by atoms with Gasteiger partial charge in [-0.3, -0.25) is 0 Å². The molecule has 3 rings (SSSR count). The van der Waals surface area contributed by atoms with Gasteiger partial charge in [-0.05, 0) is 19.8 Å². The van der Waals surface area contributed by atoms with E-state index < -0.39 is 0 Å². The van der Waals surface area contributed by atoms with Gasteiger partial charge in [-0.1, -0.05) is 19.3 Å². The van der Waals surface area contributed by atoms with Crippen LogP contribution in [0.2, 0.25) is 0 Å². The lowest BCUT2D eigenvalue weighted by atomic mass is 9.95. The monoisotopic (exact) mass is 280 g/mol. The molecule has 1 aromatic rings. The van der Waals surface area contributed by atoms with Crippen molar-refractivity contribution >= 4 is 11.8 Å². The summed E-state index contributed by atoms with van der Waals surface area (Å²) in [6, 6.07) is 1.22. The minimum Gasteiger partial charge on any atom is -0.312 e. The van der Waals surface area contributed by atoms with Crippen LogP contribution in [0.15, 0.2) is 0 Å². The van der Waals surface area contributed by atoms with Crippen LogP contribution in [0.5, 0.6) is 0 Å². The first-order valence-electron chi connectivity index (χ1n) is 7.56. The Labute approximate surface area is 119 Å². The van der Waals surface area contributed by atoms with E-state index in [1.54, 1.807) is 0 Å². The predicted molar refractivity (Wildman–Crippen MR) is 79.7 cm³/mol. The Morgan fingerprint density at radius 1 is 1.26 bits per heavy atom. The van der Waals surface area contributed by atoms with Gasteiger partial charge in [0.1, 0.15) is 11.6 Å². The van der Waals surface area contributed by atoms with Gasteiger partial charge in [0.25, 0.3) is 0 Å². The number of aryl methyl sites for hydroxylation is 1. The first-order valence-corrected chi connectivity index (χ1v) is 8.71. The highest BCUT2D eigenvalue weighted by Crippen LogP contribution is 2.30. The SMILES string of the molecule is Cc1nnc(CC2CSCCN2)n1C1CCCCC1. The first-order chi connectivity index (χ1) is 9.34. The van der Waals surface area contributed by atoms with Gasteiger partial charge in [-0.25, -0.2) is 0 Å². The fourth-order valence-electron chi connectivity index (χ4n) is 3.34. The molecule has 2 aliphatic rings. The van der Waals surface area contributed by atoms with Crippen LogP contribution in [0.1, 0.15) is 49.8 Å². The molecular weight excluding hydrogens is 256 g/mol. The molecule has 1 unspecified atom stereocenters. The molecule has 5 heteroatoms. The molecule has 1 N–H and O–H groups in total. The Hall–Kier alpha value is -0.550. The number of aromatic nitrogens is 3. The number of nitrogens with one attached hydrogen (secondary N) is 1. The molecule has 0 spiro atoms. The molecule has 1 saturated carbocycles. The van der Waals surface area contributed by atoms with Crippen LogP contribution < -0.4 is 5.32 Å². The highest BCUT2D eigenvalue weighted by molar-refractivity contribution is 7.99. The molecule has 4 nitrogen and oxygen atoms in total. The van der Waals surface area contributed by atoms with E-state index in [-0.39, 0.29) is 0 Å². The number of rotatable bonds is 3. The number of thioether (sulfide) groups is 1. The highest BCUT2D eigenvalue weighted by Gasteiger charge is 2.23. The molecule has 19 heavy (non-hydrogen) atoms. The lowest BCUT2D eigenvalue weighted by molar-refractivity contribution is 0.337. The van der Waals surface area contributed by atoms with E-state index in [9.17, 15) is 0 Å². The van der Waals surface area contributed by atoms with E-state index in [1.165, 1.54) is 49.4 Å². The molecule has 2 heterocycles. The van der Waals surface area contributed by atoms with E-state index in [2.05, 4.69) is 38.8 Å². The fourth-order valence-corrected chi connectivity index (χ4v) is 4.29. The zero-order chi connectivity index (χ0) is 13.1. The third kappa shape index (κ3) is 3.14. The van der Waals surface area contributed by atoms with Crippen LogP contribution >= 0.6 is 11.8 Å². The summed E-state index contributed by atoms with van der Waals surface area (Å²) < 4.78 is 2.43. The average molecular weight is 280 g/mol. The van der Waals surface area contributed by atoms with Crippen molar-refractivity contribution in [1.82, 2.24) is 20.1 Å². The predicted octanol–water partition coefficient (Wildman–Crippen LogP) is 2.34. The summed E-state index contributed by atoms with van der Waals surface area (Å²) in [5.41, 5.74) is 0. The normalized spacial score (nSPS) is 25.6. The maximum absolute atomic E-state index is 4.45. The summed E-state index contributed by atoms with van der Waals surface area (Å²) in [7, 11) is 0. The van der Waals surface area contributed by atoms with Crippen LogP contribution in [0.25, 0.3) is 0 Å². The molecule has 2 fully saturated rings. The average Bonchev–Trinajstić information content (AvgIpc) is 2.82. The molecule has 1 atom stereocenters. The largest absolute Gasteiger partial charge is 0.312 e. The van der Waals surface area contributed by atoms with Gasteiger partial charge in [-0.15, -0.1) is 10.2 Å². The first kappa shape index (κ1) is 13.4. The van der Waals surface area contributed by atoms with Gasteiger partial charge in [0.15, 0.2) is 0 Å². The Bertz CT molecular complexity index is 406. The van der Waals surface area contributed by atoms with Crippen molar-refractivity contribution in [3.63, 3.8) is 0 Å². The van der Waals surface area contributed by atoms with E-state index in [0.29, 0.717) is 12.1 Å². The highest BCUT2D eigenvalue weighted by atomic mass is 32.2. The second-order valence-electron chi connectivity index (χ2n) is 5.76. The molecule has 1 saturated heterocycles. The molecule has 0 amide bonds. The fraction of sp³-hybridized carbons (Fsp3) is 0.857. The number of hydrogen-bond donors (Lipinski definition) is 1. The van der Waals surface area contributed by atoms with E-state index in [1.807, 2.05) is 0 Å². The van der Waals surface area contributed by atoms with Gasteiger partial charge >= 0.3 is 0 Å². The van der Waals surface area contributed by atoms with Crippen LogP contribution in [0.3, 0.4) is 0 Å². The molecule has 0 bridgehead atoms. The summed E-state index contributed by atoms with van der Waals surface area (Å²) in [6.45, 7) is 3.24. The third-order valence-corrected chi connectivity index (χ3v) is 5.44. The maximum Gasteiger partial charge on any atom is 0.134 e. The molecule has 106 valence electrons. The van der Waals surface area contributed by atoms with Gasteiger partial charge in [-0.2, -0.15) is 11.8 Å². The quantitative estimate of drug-likeness (QED) is 0.923. The molecule has 0 radical (unpaired) electrons. The van der Waals surface area contributed by atoms with Crippen LogP contribution in [-0.4, -0.2) is 38.9 Å². The van der Waals surface area contributed by atoms with Crippen molar-refractivity contribution in [2.24, 2.45) is 0 Å². The van der Waals surface area contributed by atoms with Crippen molar-refractivity contribution in [1.29, 1.82) is 0 Å². The number of nitrogens with zero attached hydrogens (tertiary/aromatic N) is 3. The Morgan fingerprint density at radius 2 is 2.11 bits per heavy atom. The van der Waals surface area contributed by atoms with Crippen molar-refractivity contribution in [3.05, 3.63) is 11.6 Å². The minimum atomic E-state index is 0.574. The molecule has 1 aromatic heterocycles. The second-order valence-corrected chi connectivity index (χ2v) is 6.91. The Balaban J connectivity index is 1.73. The molecule has 1 aliphatic carbocycles. The molecule has 0 aromatic carbocycles. The molecular formula is C14H24N4S. The summed E-state index contributed by atoms with van der Waals surface area (Å²) in [6.07, 6.45) is 7.76. The van der Waals surface area contributed by atoms with E-state index in [0.717, 1.165) is 18.8 Å². The second kappa shape index (κ2) is 6.27. The maximum atomic E-state index is 4.45. The van der Waals surface area contributed by atoms with Gasteiger partial charge < -0.3 is 9.88 Å². The smallest absolute Gasteiger partial charge is 0.134 e. The Morgan fingerprint density at radius 3 is 2.84 bits per heavy atom. The minimum absolute atomic E-state index is 0.574. The Kier molecular flexibility index (Phi) is 4.43. The van der Waals surface area contributed by atoms with E-state index >= 15 is 0 Å². The van der Waals surface area contributed by atoms with Gasteiger partial charge in [0, 0.05) is 36.6 Å². The zero-order valence-electron chi connectivity index (χ0n) is 11.8. The summed E-state index contributed by atoms with van der Waals surface area (Å²) >= 11 is 2.05. The summed E-state index contributed by atoms with van der Waals surface area (Å²) in [4.78, 5) is 0. The van der Waals surface area contributed by atoms with Crippen LogP contribution in [-0.2, 0) is 6.42 Å². The van der Waals surface area contributed by atoms with Crippen LogP contribution in [0, 0.1) is 6.92 Å². The zero-order valence-corrected chi connectivity index (χ0v) is 12.6. The van der Waals surface area contributed by atoms with Crippen LogP contribution in [0.4, 0.5) is 0 Å².